The SMILES string of the molecule is COc1ccccc1Oc1nccnc1[C@@H]1CCCN(Cc2ccn[nH]2)C1. The summed E-state index contributed by atoms with van der Waals surface area (Å²) in [6.07, 6.45) is 7.38. The number of aromatic amines is 1. The van der Waals surface area contributed by atoms with Crippen molar-refractivity contribution < 1.29 is 9.47 Å². The molecule has 0 saturated carbocycles. The number of aromatic nitrogens is 4. The average Bonchev–Trinajstić information content (AvgIpc) is 3.22. The highest BCUT2D eigenvalue weighted by molar-refractivity contribution is 5.42. The Kier molecular flexibility index (Phi) is 5.29. The van der Waals surface area contributed by atoms with Gasteiger partial charge in [0.2, 0.25) is 5.88 Å². The van der Waals surface area contributed by atoms with Crippen LogP contribution in [0, 0.1) is 0 Å². The lowest BCUT2D eigenvalue weighted by Crippen LogP contribution is -2.34. The van der Waals surface area contributed by atoms with Crippen molar-refractivity contribution in [3.8, 4) is 17.4 Å². The predicted octanol–water partition coefficient (Wildman–Crippen LogP) is 3.38. The second-order valence-electron chi connectivity index (χ2n) is 6.66. The molecule has 2 aromatic heterocycles. The van der Waals surface area contributed by atoms with Gasteiger partial charge in [0.05, 0.1) is 7.11 Å². The van der Waals surface area contributed by atoms with E-state index in [0.717, 1.165) is 43.9 Å². The number of H-pyrrole nitrogens is 1. The maximum absolute atomic E-state index is 6.09. The molecule has 27 heavy (non-hydrogen) atoms. The van der Waals surface area contributed by atoms with Crippen LogP contribution in [0.3, 0.4) is 0 Å². The Morgan fingerprint density at radius 1 is 1.11 bits per heavy atom. The van der Waals surface area contributed by atoms with Crippen LogP contribution >= 0.6 is 0 Å². The molecule has 0 aliphatic carbocycles. The van der Waals surface area contributed by atoms with Crippen molar-refractivity contribution in [1.82, 2.24) is 25.1 Å². The van der Waals surface area contributed by atoms with Crippen LogP contribution in [0.2, 0.25) is 0 Å². The van der Waals surface area contributed by atoms with E-state index in [2.05, 4.69) is 25.1 Å². The molecule has 1 aromatic carbocycles. The van der Waals surface area contributed by atoms with Crippen LogP contribution in [0.4, 0.5) is 0 Å². The molecule has 0 amide bonds. The molecule has 7 nitrogen and oxygen atoms in total. The van der Waals surface area contributed by atoms with E-state index >= 15 is 0 Å². The number of rotatable bonds is 6. The Hall–Kier alpha value is -2.93. The predicted molar refractivity (Wildman–Crippen MR) is 101 cm³/mol. The van der Waals surface area contributed by atoms with E-state index < -0.39 is 0 Å². The molecule has 4 rings (SSSR count). The summed E-state index contributed by atoms with van der Waals surface area (Å²) in [7, 11) is 1.63. The van der Waals surface area contributed by atoms with Gasteiger partial charge in [-0.2, -0.15) is 5.10 Å². The standard InChI is InChI=1S/C20H23N5O2/c1-26-17-6-2-3-7-18(17)27-20-19(21-10-11-22-20)15-5-4-12-25(13-15)14-16-8-9-23-24-16/h2-3,6-11,15H,4-5,12-14H2,1H3,(H,23,24)/t15-/m1/s1. The number of nitrogens with one attached hydrogen (secondary N) is 1. The molecule has 3 aromatic rings. The number of methoxy groups -OCH3 is 1. The fraction of sp³-hybridized carbons (Fsp3) is 0.350. The molecule has 0 unspecified atom stereocenters. The highest BCUT2D eigenvalue weighted by Gasteiger charge is 2.26. The molecule has 0 radical (unpaired) electrons. The van der Waals surface area contributed by atoms with Gasteiger partial charge in [-0.25, -0.2) is 4.98 Å². The molecule has 1 aliphatic heterocycles. The van der Waals surface area contributed by atoms with Gasteiger partial charge in [0, 0.05) is 43.3 Å². The van der Waals surface area contributed by atoms with E-state index in [-0.39, 0.29) is 5.92 Å². The first-order chi connectivity index (χ1) is 13.3. The first-order valence-corrected chi connectivity index (χ1v) is 9.16. The van der Waals surface area contributed by atoms with Crippen LogP contribution in [-0.2, 0) is 6.54 Å². The second kappa shape index (κ2) is 8.18. The van der Waals surface area contributed by atoms with E-state index in [0.29, 0.717) is 17.4 Å². The summed E-state index contributed by atoms with van der Waals surface area (Å²) < 4.78 is 11.5. The zero-order chi connectivity index (χ0) is 18.5. The Labute approximate surface area is 158 Å². The minimum atomic E-state index is 0.278. The van der Waals surface area contributed by atoms with E-state index in [1.807, 2.05) is 30.3 Å². The molecule has 140 valence electrons. The molecule has 1 N–H and O–H groups in total. The highest BCUT2D eigenvalue weighted by atomic mass is 16.5. The van der Waals surface area contributed by atoms with Crippen molar-refractivity contribution in [3.63, 3.8) is 0 Å². The third-order valence-electron chi connectivity index (χ3n) is 4.81. The quantitative estimate of drug-likeness (QED) is 0.722. The van der Waals surface area contributed by atoms with Crippen LogP contribution in [0.5, 0.6) is 17.4 Å². The summed E-state index contributed by atoms with van der Waals surface area (Å²) in [6, 6.07) is 9.60. The minimum Gasteiger partial charge on any atom is -0.493 e. The molecule has 1 fully saturated rings. The van der Waals surface area contributed by atoms with Gasteiger partial charge in [-0.3, -0.25) is 15.0 Å². The van der Waals surface area contributed by atoms with Crippen LogP contribution in [-0.4, -0.2) is 45.3 Å². The third-order valence-corrected chi connectivity index (χ3v) is 4.81. The van der Waals surface area contributed by atoms with Crippen molar-refractivity contribution >= 4 is 0 Å². The third kappa shape index (κ3) is 4.09. The Morgan fingerprint density at radius 2 is 1.96 bits per heavy atom. The van der Waals surface area contributed by atoms with Gasteiger partial charge >= 0.3 is 0 Å². The summed E-state index contributed by atoms with van der Waals surface area (Å²) in [5.74, 6) is 2.15. The largest absolute Gasteiger partial charge is 0.493 e. The van der Waals surface area contributed by atoms with Crippen molar-refractivity contribution in [2.75, 3.05) is 20.2 Å². The fourth-order valence-electron chi connectivity index (χ4n) is 3.54. The maximum atomic E-state index is 6.09. The highest BCUT2D eigenvalue weighted by Crippen LogP contribution is 2.35. The first-order valence-electron chi connectivity index (χ1n) is 9.16. The topological polar surface area (TPSA) is 76.2 Å². The Balaban J connectivity index is 1.53. The van der Waals surface area contributed by atoms with Crippen LogP contribution in [0.15, 0.2) is 48.9 Å². The number of hydrogen-bond donors (Lipinski definition) is 1. The molecular formula is C20H23N5O2. The molecule has 0 spiro atoms. The average molecular weight is 365 g/mol. The van der Waals surface area contributed by atoms with Gasteiger partial charge in [0.15, 0.2) is 11.5 Å². The summed E-state index contributed by atoms with van der Waals surface area (Å²) in [5, 5.41) is 7.07. The number of nitrogens with zero attached hydrogens (tertiary/aromatic N) is 4. The van der Waals surface area contributed by atoms with Gasteiger partial charge in [0.25, 0.3) is 0 Å². The number of para-hydroxylation sites is 2. The van der Waals surface area contributed by atoms with Crippen molar-refractivity contribution in [2.45, 2.75) is 25.3 Å². The summed E-state index contributed by atoms with van der Waals surface area (Å²) in [6.45, 7) is 2.85. The number of benzene rings is 1. The zero-order valence-electron chi connectivity index (χ0n) is 15.3. The molecule has 1 aliphatic rings. The summed E-state index contributed by atoms with van der Waals surface area (Å²) in [5.41, 5.74) is 2.03. The van der Waals surface area contributed by atoms with E-state index in [1.54, 1.807) is 25.7 Å². The normalized spacial score (nSPS) is 17.6. The van der Waals surface area contributed by atoms with Gasteiger partial charge in [-0.1, -0.05) is 12.1 Å². The lowest BCUT2D eigenvalue weighted by atomic mass is 9.94. The Morgan fingerprint density at radius 3 is 2.78 bits per heavy atom. The van der Waals surface area contributed by atoms with E-state index in [1.165, 1.54) is 0 Å². The van der Waals surface area contributed by atoms with Crippen LogP contribution < -0.4 is 9.47 Å². The molecule has 3 heterocycles. The summed E-state index contributed by atoms with van der Waals surface area (Å²) >= 11 is 0. The van der Waals surface area contributed by atoms with Crippen molar-refractivity contribution in [2.24, 2.45) is 0 Å². The van der Waals surface area contributed by atoms with Crippen LogP contribution in [0.25, 0.3) is 0 Å². The van der Waals surface area contributed by atoms with E-state index in [9.17, 15) is 0 Å². The monoisotopic (exact) mass is 365 g/mol. The smallest absolute Gasteiger partial charge is 0.241 e. The first kappa shape index (κ1) is 17.5. The lowest BCUT2D eigenvalue weighted by Gasteiger charge is -2.32. The zero-order valence-corrected chi connectivity index (χ0v) is 15.3. The Bertz CT molecular complexity index is 868. The minimum absolute atomic E-state index is 0.278. The maximum Gasteiger partial charge on any atom is 0.241 e. The number of likely N-dealkylation sites (tertiary alicyclic amines) is 1. The van der Waals surface area contributed by atoms with Crippen molar-refractivity contribution in [3.05, 3.63) is 60.3 Å². The van der Waals surface area contributed by atoms with E-state index in [4.69, 9.17) is 9.47 Å². The number of ether oxygens (including phenoxy) is 2. The van der Waals surface area contributed by atoms with Gasteiger partial charge < -0.3 is 9.47 Å². The molecule has 7 heteroatoms. The van der Waals surface area contributed by atoms with Gasteiger partial charge in [-0.15, -0.1) is 0 Å². The number of piperidine rings is 1. The molecular weight excluding hydrogens is 342 g/mol. The molecule has 1 atom stereocenters. The van der Waals surface area contributed by atoms with Crippen molar-refractivity contribution in [1.29, 1.82) is 0 Å². The lowest BCUT2D eigenvalue weighted by molar-refractivity contribution is 0.194. The molecule has 1 saturated heterocycles. The number of hydrogen-bond acceptors (Lipinski definition) is 6. The van der Waals surface area contributed by atoms with Gasteiger partial charge in [-0.05, 0) is 37.6 Å². The van der Waals surface area contributed by atoms with Crippen LogP contribution in [0.1, 0.15) is 30.1 Å². The summed E-state index contributed by atoms with van der Waals surface area (Å²) in [4.78, 5) is 11.5. The molecule has 0 bridgehead atoms. The fourth-order valence-corrected chi connectivity index (χ4v) is 3.54. The van der Waals surface area contributed by atoms with Gasteiger partial charge in [0.1, 0.15) is 5.69 Å². The second-order valence-corrected chi connectivity index (χ2v) is 6.66.